The van der Waals surface area contributed by atoms with Crippen LogP contribution in [-0.2, 0) is 16.1 Å². The van der Waals surface area contributed by atoms with Crippen molar-refractivity contribution < 1.29 is 9.47 Å². The van der Waals surface area contributed by atoms with Gasteiger partial charge in [0, 0.05) is 11.9 Å². The Morgan fingerprint density at radius 1 is 1.29 bits per heavy atom. The summed E-state index contributed by atoms with van der Waals surface area (Å²) in [5, 5.41) is 0. The first-order chi connectivity index (χ1) is 6.74. The van der Waals surface area contributed by atoms with Gasteiger partial charge in [-0.2, -0.15) is 0 Å². The lowest BCUT2D eigenvalue weighted by Crippen LogP contribution is -1.97. The van der Waals surface area contributed by atoms with Crippen LogP contribution in [0, 0.1) is 0 Å². The third-order valence-corrected chi connectivity index (χ3v) is 2.44. The first-order valence-corrected chi connectivity index (χ1v) is 5.45. The van der Waals surface area contributed by atoms with Gasteiger partial charge in [-0.3, -0.25) is 0 Å². The molecule has 0 radical (unpaired) electrons. The van der Waals surface area contributed by atoms with E-state index in [1.54, 1.807) is 7.11 Å². The normalized spacial score (nSPS) is 12.8. The zero-order chi connectivity index (χ0) is 10.4. The Balaban J connectivity index is 2.47. The number of halogens is 1. The molecule has 0 spiro atoms. The molecule has 2 nitrogen and oxygen atoms in total. The van der Waals surface area contributed by atoms with E-state index < -0.39 is 0 Å². The molecule has 0 heterocycles. The maximum Gasteiger partial charge on any atom is 0.146 e. The van der Waals surface area contributed by atoms with Gasteiger partial charge < -0.3 is 9.47 Å². The van der Waals surface area contributed by atoms with Gasteiger partial charge in [-0.1, -0.05) is 40.2 Å². The topological polar surface area (TPSA) is 18.5 Å². The molecule has 0 N–H and O–H groups in total. The van der Waals surface area contributed by atoms with Crippen molar-refractivity contribution in [3.63, 3.8) is 0 Å². The lowest BCUT2D eigenvalue weighted by molar-refractivity contribution is -0.0390. The summed E-state index contributed by atoms with van der Waals surface area (Å²) >= 11 is 3.52. The van der Waals surface area contributed by atoms with E-state index in [0.29, 0.717) is 18.2 Å². The predicted molar refractivity (Wildman–Crippen MR) is 60.4 cm³/mol. The van der Waals surface area contributed by atoms with Crippen LogP contribution in [0.3, 0.4) is 0 Å². The van der Waals surface area contributed by atoms with Crippen molar-refractivity contribution in [3.8, 4) is 0 Å². The van der Waals surface area contributed by atoms with Crippen LogP contribution < -0.4 is 0 Å². The summed E-state index contributed by atoms with van der Waals surface area (Å²) < 4.78 is 10.0. The fourth-order valence-corrected chi connectivity index (χ4v) is 1.43. The molecule has 78 valence electrons. The molecular weight excluding hydrogens is 244 g/mol. The molecule has 1 unspecified atom stereocenters. The second kappa shape index (κ2) is 6.17. The Morgan fingerprint density at radius 2 is 1.93 bits per heavy atom. The van der Waals surface area contributed by atoms with Gasteiger partial charge in [0.05, 0.1) is 6.61 Å². The highest BCUT2D eigenvalue weighted by atomic mass is 79.9. The Labute approximate surface area is 93.4 Å². The van der Waals surface area contributed by atoms with Crippen molar-refractivity contribution in [2.45, 2.75) is 18.4 Å². The van der Waals surface area contributed by atoms with Crippen molar-refractivity contribution in [1.82, 2.24) is 0 Å². The molecule has 0 amide bonds. The lowest BCUT2D eigenvalue weighted by Gasteiger charge is -2.06. The summed E-state index contributed by atoms with van der Waals surface area (Å²) in [6.45, 7) is 3.05. The standard InChI is InChI=1S/C11H15BrO2/c1-9(12)11-5-3-10(4-6-11)7-14-8-13-2/h3-6,9H,7-8H2,1-2H3. The van der Waals surface area contributed by atoms with Gasteiger partial charge in [0.1, 0.15) is 6.79 Å². The lowest BCUT2D eigenvalue weighted by atomic mass is 10.1. The Morgan fingerprint density at radius 3 is 2.43 bits per heavy atom. The summed E-state index contributed by atoms with van der Waals surface area (Å²) in [4.78, 5) is 0.399. The first-order valence-electron chi connectivity index (χ1n) is 4.53. The van der Waals surface area contributed by atoms with Crippen LogP contribution in [0.4, 0.5) is 0 Å². The van der Waals surface area contributed by atoms with Crippen molar-refractivity contribution in [1.29, 1.82) is 0 Å². The highest BCUT2D eigenvalue weighted by molar-refractivity contribution is 9.09. The van der Waals surface area contributed by atoms with Crippen molar-refractivity contribution >= 4 is 15.9 Å². The van der Waals surface area contributed by atoms with E-state index in [4.69, 9.17) is 9.47 Å². The number of benzene rings is 1. The Bertz CT molecular complexity index is 256. The van der Waals surface area contributed by atoms with E-state index in [-0.39, 0.29) is 0 Å². The minimum atomic E-state index is 0.344. The molecule has 0 aliphatic rings. The maximum absolute atomic E-state index is 5.24. The van der Waals surface area contributed by atoms with Crippen LogP contribution in [-0.4, -0.2) is 13.9 Å². The molecule has 14 heavy (non-hydrogen) atoms. The molecule has 0 aliphatic heterocycles. The molecule has 0 fully saturated rings. The molecule has 0 aliphatic carbocycles. The van der Waals surface area contributed by atoms with Crippen molar-refractivity contribution in [2.75, 3.05) is 13.9 Å². The van der Waals surface area contributed by atoms with E-state index in [9.17, 15) is 0 Å². The second-order valence-corrected chi connectivity index (χ2v) is 4.49. The monoisotopic (exact) mass is 258 g/mol. The number of alkyl halides is 1. The molecule has 1 aromatic rings. The van der Waals surface area contributed by atoms with Crippen molar-refractivity contribution in [2.24, 2.45) is 0 Å². The highest BCUT2D eigenvalue weighted by Gasteiger charge is 1.99. The van der Waals surface area contributed by atoms with E-state index in [1.807, 2.05) is 0 Å². The van der Waals surface area contributed by atoms with Crippen LogP contribution in [0.1, 0.15) is 22.9 Å². The van der Waals surface area contributed by atoms with E-state index in [0.717, 1.165) is 0 Å². The molecule has 3 heteroatoms. The zero-order valence-corrected chi connectivity index (χ0v) is 10.1. The summed E-state index contributed by atoms with van der Waals surface area (Å²) in [5.74, 6) is 0. The van der Waals surface area contributed by atoms with Crippen LogP contribution in [0.25, 0.3) is 0 Å². The summed E-state index contributed by atoms with van der Waals surface area (Å²) in [5.41, 5.74) is 2.44. The van der Waals surface area contributed by atoms with E-state index in [2.05, 4.69) is 47.1 Å². The van der Waals surface area contributed by atoms with Gasteiger partial charge in [0.25, 0.3) is 0 Å². The molecule has 0 saturated heterocycles. The largest absolute Gasteiger partial charge is 0.359 e. The first kappa shape index (κ1) is 11.7. The molecule has 0 aromatic heterocycles. The fourth-order valence-electron chi connectivity index (χ4n) is 1.12. The van der Waals surface area contributed by atoms with E-state index in [1.165, 1.54) is 11.1 Å². The third-order valence-electron chi connectivity index (χ3n) is 1.91. The minimum Gasteiger partial charge on any atom is -0.359 e. The highest BCUT2D eigenvalue weighted by Crippen LogP contribution is 2.21. The molecule has 1 aromatic carbocycles. The van der Waals surface area contributed by atoms with Gasteiger partial charge in [0.2, 0.25) is 0 Å². The van der Waals surface area contributed by atoms with Gasteiger partial charge in [0.15, 0.2) is 0 Å². The number of ether oxygens (including phenoxy) is 2. The van der Waals surface area contributed by atoms with Crippen LogP contribution in [0.5, 0.6) is 0 Å². The fraction of sp³-hybridized carbons (Fsp3) is 0.455. The van der Waals surface area contributed by atoms with Crippen LogP contribution in [0.15, 0.2) is 24.3 Å². The molecule has 0 bridgehead atoms. The van der Waals surface area contributed by atoms with Gasteiger partial charge >= 0.3 is 0 Å². The van der Waals surface area contributed by atoms with E-state index >= 15 is 0 Å². The smallest absolute Gasteiger partial charge is 0.146 e. The summed E-state index contributed by atoms with van der Waals surface area (Å²) in [6.07, 6.45) is 0. The van der Waals surface area contributed by atoms with Gasteiger partial charge in [-0.05, 0) is 18.1 Å². The number of rotatable bonds is 5. The summed E-state index contributed by atoms with van der Waals surface area (Å²) in [7, 11) is 1.62. The zero-order valence-electron chi connectivity index (χ0n) is 8.50. The number of hydrogen-bond acceptors (Lipinski definition) is 2. The second-order valence-electron chi connectivity index (χ2n) is 3.11. The van der Waals surface area contributed by atoms with Gasteiger partial charge in [-0.15, -0.1) is 0 Å². The molecule has 0 saturated carbocycles. The number of methoxy groups -OCH3 is 1. The Hall–Kier alpha value is -0.380. The van der Waals surface area contributed by atoms with Gasteiger partial charge in [-0.25, -0.2) is 0 Å². The summed E-state index contributed by atoms with van der Waals surface area (Å²) in [6, 6.07) is 8.35. The quantitative estimate of drug-likeness (QED) is 0.459. The third kappa shape index (κ3) is 3.78. The molecular formula is C11H15BrO2. The minimum absolute atomic E-state index is 0.344. The van der Waals surface area contributed by atoms with Crippen LogP contribution >= 0.6 is 15.9 Å². The average Bonchev–Trinajstić information content (AvgIpc) is 2.19. The van der Waals surface area contributed by atoms with Crippen LogP contribution in [0.2, 0.25) is 0 Å². The number of hydrogen-bond donors (Lipinski definition) is 0. The van der Waals surface area contributed by atoms with Crippen molar-refractivity contribution in [3.05, 3.63) is 35.4 Å². The average molecular weight is 259 g/mol. The Kier molecular flexibility index (Phi) is 5.15. The molecule has 1 atom stereocenters. The maximum atomic E-state index is 5.24. The SMILES string of the molecule is COCOCc1ccc(C(C)Br)cc1. The molecule has 1 rings (SSSR count). The predicted octanol–water partition coefficient (Wildman–Crippen LogP) is 3.26.